The molecule has 2 saturated heterocycles. The lowest BCUT2D eigenvalue weighted by molar-refractivity contribution is -0.136. The minimum atomic E-state index is -0.444. The van der Waals surface area contributed by atoms with E-state index in [1.165, 1.54) is 11.0 Å². The van der Waals surface area contributed by atoms with Gasteiger partial charge in [-0.25, -0.2) is 4.39 Å². The summed E-state index contributed by atoms with van der Waals surface area (Å²) in [6.45, 7) is 2.86. The summed E-state index contributed by atoms with van der Waals surface area (Å²) in [7, 11) is 1.64. The zero-order valence-electron chi connectivity index (χ0n) is 16.4. The van der Waals surface area contributed by atoms with Crippen molar-refractivity contribution in [3.05, 3.63) is 54.3 Å². The van der Waals surface area contributed by atoms with Crippen molar-refractivity contribution in [3.63, 3.8) is 0 Å². The van der Waals surface area contributed by atoms with Crippen LogP contribution in [0.15, 0.2) is 48.5 Å². The monoisotopic (exact) mass is 397 g/mol. The second-order valence-corrected chi connectivity index (χ2v) is 7.37. The Morgan fingerprint density at radius 1 is 1.07 bits per heavy atom. The number of anilines is 2. The molecule has 2 amide bonds. The fraction of sp³-hybridized carbons (Fsp3) is 0.364. The molecule has 152 valence electrons. The van der Waals surface area contributed by atoms with Gasteiger partial charge in [0.1, 0.15) is 11.6 Å². The molecule has 0 aliphatic carbocycles. The summed E-state index contributed by atoms with van der Waals surface area (Å²) in [4.78, 5) is 30.8. The number of carbonyl (C=O) groups excluding carboxylic acids is 2. The minimum Gasteiger partial charge on any atom is -0.497 e. The third-order valence-corrected chi connectivity index (χ3v) is 5.63. The SMILES string of the molecule is COc1cccc(N2CCN(C(=O)[C@H]3CC(=O)N(c4ccccc4F)C3)CC2)c1. The number of rotatable bonds is 4. The highest BCUT2D eigenvalue weighted by Crippen LogP contribution is 2.29. The van der Waals surface area contributed by atoms with Crippen molar-refractivity contribution >= 4 is 23.2 Å². The molecular formula is C22H24FN3O3. The average Bonchev–Trinajstić information content (AvgIpc) is 3.15. The van der Waals surface area contributed by atoms with E-state index in [1.54, 1.807) is 25.3 Å². The van der Waals surface area contributed by atoms with Gasteiger partial charge in [0.15, 0.2) is 0 Å². The second kappa shape index (κ2) is 8.11. The smallest absolute Gasteiger partial charge is 0.228 e. The van der Waals surface area contributed by atoms with Crippen LogP contribution in [-0.4, -0.2) is 56.5 Å². The lowest BCUT2D eigenvalue weighted by Gasteiger charge is -2.37. The molecule has 2 aliphatic rings. The second-order valence-electron chi connectivity index (χ2n) is 7.37. The molecular weight excluding hydrogens is 373 g/mol. The summed E-state index contributed by atoms with van der Waals surface area (Å²) >= 11 is 0. The Bertz CT molecular complexity index is 912. The standard InChI is InChI=1S/C22H24FN3O3/c1-29-18-6-4-5-17(14-18)24-9-11-25(12-10-24)22(28)16-13-21(27)26(15-16)20-8-3-2-7-19(20)23/h2-8,14,16H,9-13,15H2,1H3/t16-/m0/s1. The molecule has 0 radical (unpaired) electrons. The number of benzene rings is 2. The predicted molar refractivity (Wildman–Crippen MR) is 109 cm³/mol. The van der Waals surface area contributed by atoms with Crippen LogP contribution >= 0.6 is 0 Å². The molecule has 7 heteroatoms. The van der Waals surface area contributed by atoms with Gasteiger partial charge in [-0.1, -0.05) is 18.2 Å². The normalized spacial score (nSPS) is 19.6. The minimum absolute atomic E-state index is 0.0255. The first-order valence-electron chi connectivity index (χ1n) is 9.79. The zero-order valence-corrected chi connectivity index (χ0v) is 16.4. The Hall–Kier alpha value is -3.09. The van der Waals surface area contributed by atoms with Crippen molar-refractivity contribution in [1.82, 2.24) is 4.90 Å². The average molecular weight is 397 g/mol. The molecule has 2 aromatic carbocycles. The van der Waals surface area contributed by atoms with Crippen LogP contribution in [0.4, 0.5) is 15.8 Å². The molecule has 0 aromatic heterocycles. The first-order valence-corrected chi connectivity index (χ1v) is 9.79. The van der Waals surface area contributed by atoms with Crippen LogP contribution in [0.1, 0.15) is 6.42 Å². The van der Waals surface area contributed by atoms with Gasteiger partial charge in [0, 0.05) is 50.9 Å². The highest BCUT2D eigenvalue weighted by molar-refractivity contribution is 6.00. The van der Waals surface area contributed by atoms with Crippen molar-refractivity contribution in [2.24, 2.45) is 5.92 Å². The van der Waals surface area contributed by atoms with Crippen LogP contribution in [0.25, 0.3) is 0 Å². The number of halogens is 1. The van der Waals surface area contributed by atoms with Crippen molar-refractivity contribution in [3.8, 4) is 5.75 Å². The molecule has 2 aliphatic heterocycles. The quantitative estimate of drug-likeness (QED) is 0.796. The van der Waals surface area contributed by atoms with Crippen LogP contribution in [0.2, 0.25) is 0 Å². The van der Waals surface area contributed by atoms with Crippen LogP contribution in [-0.2, 0) is 9.59 Å². The Morgan fingerprint density at radius 2 is 1.83 bits per heavy atom. The molecule has 2 fully saturated rings. The number of hydrogen-bond acceptors (Lipinski definition) is 4. The predicted octanol–water partition coefficient (Wildman–Crippen LogP) is 2.54. The van der Waals surface area contributed by atoms with Gasteiger partial charge in [-0.15, -0.1) is 0 Å². The number of hydrogen-bond donors (Lipinski definition) is 0. The number of para-hydroxylation sites is 1. The van der Waals surface area contributed by atoms with Gasteiger partial charge in [-0.05, 0) is 24.3 Å². The number of methoxy groups -OCH3 is 1. The maximum absolute atomic E-state index is 14.1. The summed E-state index contributed by atoms with van der Waals surface area (Å²) in [6, 6.07) is 14.1. The fourth-order valence-corrected chi connectivity index (χ4v) is 4.03. The Kier molecular flexibility index (Phi) is 5.38. The summed E-state index contributed by atoms with van der Waals surface area (Å²) < 4.78 is 19.3. The first-order chi connectivity index (χ1) is 14.1. The van der Waals surface area contributed by atoms with Crippen molar-refractivity contribution in [2.45, 2.75) is 6.42 Å². The number of amides is 2. The summed E-state index contributed by atoms with van der Waals surface area (Å²) in [5.41, 5.74) is 1.31. The van der Waals surface area contributed by atoms with Gasteiger partial charge in [0.2, 0.25) is 11.8 Å². The van der Waals surface area contributed by atoms with Crippen LogP contribution in [0, 0.1) is 11.7 Å². The van der Waals surface area contributed by atoms with E-state index in [1.807, 2.05) is 29.2 Å². The van der Waals surface area contributed by atoms with E-state index >= 15 is 0 Å². The van der Waals surface area contributed by atoms with E-state index in [2.05, 4.69) is 4.90 Å². The van der Waals surface area contributed by atoms with Gasteiger partial charge < -0.3 is 19.4 Å². The molecule has 0 N–H and O–H groups in total. The molecule has 0 unspecified atom stereocenters. The third kappa shape index (κ3) is 3.90. The van der Waals surface area contributed by atoms with Crippen LogP contribution in [0.3, 0.4) is 0 Å². The van der Waals surface area contributed by atoms with E-state index < -0.39 is 11.7 Å². The van der Waals surface area contributed by atoms with Gasteiger partial charge in [0.25, 0.3) is 0 Å². The fourth-order valence-electron chi connectivity index (χ4n) is 4.03. The topological polar surface area (TPSA) is 53.1 Å². The number of piperazine rings is 1. The van der Waals surface area contributed by atoms with Crippen molar-refractivity contribution in [1.29, 1.82) is 0 Å². The molecule has 1 atom stereocenters. The Labute approximate surface area is 169 Å². The van der Waals surface area contributed by atoms with E-state index in [9.17, 15) is 14.0 Å². The highest BCUT2D eigenvalue weighted by atomic mass is 19.1. The number of carbonyl (C=O) groups is 2. The summed E-state index contributed by atoms with van der Waals surface area (Å²) in [5, 5.41) is 0. The van der Waals surface area contributed by atoms with E-state index in [-0.39, 0.29) is 30.5 Å². The Balaban J connectivity index is 1.37. The molecule has 29 heavy (non-hydrogen) atoms. The van der Waals surface area contributed by atoms with Crippen LogP contribution < -0.4 is 14.5 Å². The Morgan fingerprint density at radius 3 is 2.55 bits per heavy atom. The maximum Gasteiger partial charge on any atom is 0.228 e. The van der Waals surface area contributed by atoms with Gasteiger partial charge in [0.05, 0.1) is 18.7 Å². The van der Waals surface area contributed by atoms with Gasteiger partial charge in [-0.3, -0.25) is 9.59 Å². The van der Waals surface area contributed by atoms with Gasteiger partial charge in [-0.2, -0.15) is 0 Å². The number of nitrogens with zero attached hydrogens (tertiary/aromatic N) is 3. The first kappa shape index (κ1) is 19.2. The molecule has 2 heterocycles. The molecule has 0 bridgehead atoms. The maximum atomic E-state index is 14.1. The van der Waals surface area contributed by atoms with E-state index in [0.29, 0.717) is 13.1 Å². The molecule has 0 saturated carbocycles. The van der Waals surface area contributed by atoms with E-state index in [0.717, 1.165) is 24.5 Å². The number of ether oxygens (including phenoxy) is 1. The lowest BCUT2D eigenvalue weighted by atomic mass is 10.1. The van der Waals surface area contributed by atoms with Crippen LogP contribution in [0.5, 0.6) is 5.75 Å². The molecule has 0 spiro atoms. The highest BCUT2D eigenvalue weighted by Gasteiger charge is 2.38. The molecule has 4 rings (SSSR count). The summed E-state index contributed by atoms with van der Waals surface area (Å²) in [5.74, 6) is -0.295. The van der Waals surface area contributed by atoms with E-state index in [4.69, 9.17) is 4.74 Å². The largest absolute Gasteiger partial charge is 0.497 e. The van der Waals surface area contributed by atoms with Crippen molar-refractivity contribution in [2.75, 3.05) is 49.6 Å². The molecule has 6 nitrogen and oxygen atoms in total. The zero-order chi connectivity index (χ0) is 20.4. The van der Waals surface area contributed by atoms with Crippen molar-refractivity contribution < 1.29 is 18.7 Å². The summed E-state index contributed by atoms with van der Waals surface area (Å²) in [6.07, 6.45) is 0.128. The lowest BCUT2D eigenvalue weighted by Crippen LogP contribution is -2.50. The third-order valence-electron chi connectivity index (χ3n) is 5.63. The van der Waals surface area contributed by atoms with Gasteiger partial charge >= 0.3 is 0 Å². The molecule has 2 aromatic rings.